The molecule has 1 aliphatic rings. The van der Waals surface area contributed by atoms with Gasteiger partial charge in [-0.3, -0.25) is 0 Å². The summed E-state index contributed by atoms with van der Waals surface area (Å²) in [4.78, 5) is 0. The van der Waals surface area contributed by atoms with Crippen molar-refractivity contribution < 1.29 is 0 Å². The monoisotopic (exact) mass is 206 g/mol. The van der Waals surface area contributed by atoms with Gasteiger partial charge < -0.3 is 0 Å². The van der Waals surface area contributed by atoms with E-state index in [0.29, 0.717) is 0 Å². The van der Waals surface area contributed by atoms with Crippen LogP contribution in [0.25, 0.3) is 0 Å². The van der Waals surface area contributed by atoms with Crippen LogP contribution in [0.4, 0.5) is 0 Å². The van der Waals surface area contributed by atoms with Gasteiger partial charge in [0.05, 0.1) is 0 Å². The lowest BCUT2D eigenvalue weighted by Gasteiger charge is -1.89. The zero-order chi connectivity index (χ0) is 8.36. The highest BCUT2D eigenvalue weighted by atomic mass is 33.1. The first-order valence-electron chi connectivity index (χ1n) is 3.45. The van der Waals surface area contributed by atoms with E-state index in [2.05, 4.69) is 13.2 Å². The molecule has 3 heteroatoms. The summed E-state index contributed by atoms with van der Waals surface area (Å²) in [5.74, 6) is 4.89. The second-order valence-electron chi connectivity index (χ2n) is 1.76. The summed E-state index contributed by atoms with van der Waals surface area (Å²) in [7, 11) is 3.61. The Kier molecular flexibility index (Phi) is 11.0. The van der Waals surface area contributed by atoms with Crippen LogP contribution in [-0.2, 0) is 0 Å². The Morgan fingerprint density at radius 3 is 1.64 bits per heavy atom. The van der Waals surface area contributed by atoms with E-state index in [9.17, 15) is 0 Å². The Labute approximate surface area is 81.7 Å². The summed E-state index contributed by atoms with van der Waals surface area (Å²) in [5.41, 5.74) is 0. The topological polar surface area (TPSA) is 0 Å². The lowest BCUT2D eigenvalue weighted by atomic mass is 10.8. The van der Waals surface area contributed by atoms with Gasteiger partial charge in [0, 0.05) is 23.0 Å². The van der Waals surface area contributed by atoms with Crippen LogP contribution < -0.4 is 0 Å². The minimum Gasteiger partial charge on any atom is -0.160 e. The quantitative estimate of drug-likeness (QED) is 0.292. The summed E-state index contributed by atoms with van der Waals surface area (Å²) in [6.07, 6.45) is 3.81. The van der Waals surface area contributed by atoms with Crippen molar-refractivity contribution in [1.29, 1.82) is 0 Å². The van der Waals surface area contributed by atoms with Crippen molar-refractivity contribution in [2.75, 3.05) is 23.0 Å². The maximum atomic E-state index is 3.60. The maximum Gasteiger partial charge on any atom is 0.0215 e. The molecule has 64 valence electrons. The molecule has 1 heterocycles. The fourth-order valence-electron chi connectivity index (χ4n) is 0.192. The van der Waals surface area contributed by atoms with Crippen LogP contribution in [0, 0.1) is 0 Å². The Bertz CT molecular complexity index is 86.8. The number of hydrogen-bond acceptors (Lipinski definition) is 3. The van der Waals surface area contributed by atoms with Gasteiger partial charge in [0.15, 0.2) is 0 Å². The molecule has 0 spiro atoms. The predicted molar refractivity (Wildman–Crippen MR) is 62.6 cm³/mol. The van der Waals surface area contributed by atoms with E-state index in [1.807, 2.05) is 23.9 Å². The Morgan fingerprint density at radius 1 is 1.09 bits per heavy atom. The summed E-state index contributed by atoms with van der Waals surface area (Å²) < 4.78 is 0. The molecule has 0 bridgehead atoms. The predicted octanol–water partition coefficient (Wildman–Crippen LogP) is 3.47. The molecule has 1 aliphatic heterocycles. The van der Waals surface area contributed by atoms with E-state index in [1.165, 1.54) is 11.5 Å². The van der Waals surface area contributed by atoms with Crippen LogP contribution in [0.15, 0.2) is 25.3 Å². The molecule has 0 aromatic carbocycles. The van der Waals surface area contributed by atoms with Crippen molar-refractivity contribution in [1.82, 2.24) is 0 Å². The second kappa shape index (κ2) is 10.5. The van der Waals surface area contributed by atoms with Crippen molar-refractivity contribution in [3.05, 3.63) is 25.3 Å². The van der Waals surface area contributed by atoms with Gasteiger partial charge >= 0.3 is 0 Å². The first-order chi connectivity index (χ1) is 5.41. The smallest absolute Gasteiger partial charge is 0.0215 e. The molecule has 0 aliphatic carbocycles. The van der Waals surface area contributed by atoms with Gasteiger partial charge in [-0.2, -0.15) is 11.8 Å². The molecular weight excluding hydrogens is 192 g/mol. The summed E-state index contributed by atoms with van der Waals surface area (Å²) in [5, 5.41) is 0. The third-order valence-electron chi connectivity index (χ3n) is 0.659. The molecule has 11 heavy (non-hydrogen) atoms. The fraction of sp³-hybridized carbons (Fsp3) is 0.500. The molecule has 0 aromatic rings. The molecule has 1 saturated heterocycles. The van der Waals surface area contributed by atoms with E-state index in [0.717, 1.165) is 11.5 Å². The zero-order valence-electron chi connectivity index (χ0n) is 6.62. The average Bonchev–Trinajstić information content (AvgIpc) is 2.84. The Balaban J connectivity index is 0.000000271. The lowest BCUT2D eigenvalue weighted by molar-refractivity contribution is 1.75. The summed E-state index contributed by atoms with van der Waals surface area (Å²) in [6.45, 7) is 7.20. The lowest BCUT2D eigenvalue weighted by Crippen LogP contribution is -1.64. The Hall–Kier alpha value is 0.530. The van der Waals surface area contributed by atoms with E-state index in [4.69, 9.17) is 0 Å². The second-order valence-corrected chi connectivity index (χ2v) is 5.54. The molecule has 0 aromatic heterocycles. The number of rotatable bonds is 5. The summed E-state index contributed by atoms with van der Waals surface area (Å²) >= 11 is 2.00. The SMILES string of the molecule is C1CS1.C=CCSSCC=C. The summed E-state index contributed by atoms with van der Waals surface area (Å²) in [6, 6.07) is 0. The van der Waals surface area contributed by atoms with Crippen molar-refractivity contribution in [2.45, 2.75) is 0 Å². The zero-order valence-corrected chi connectivity index (χ0v) is 9.07. The van der Waals surface area contributed by atoms with Crippen molar-refractivity contribution in [3.8, 4) is 0 Å². The van der Waals surface area contributed by atoms with E-state index >= 15 is 0 Å². The minimum absolute atomic E-state index is 1.03. The van der Waals surface area contributed by atoms with Crippen LogP contribution >= 0.6 is 33.3 Å². The largest absolute Gasteiger partial charge is 0.160 e. The van der Waals surface area contributed by atoms with Gasteiger partial charge in [-0.25, -0.2) is 0 Å². The standard InChI is InChI=1S/C6H10S2.C2H4S/c1-3-5-7-8-6-4-2;1-2-3-1/h3-4H,1-2,5-6H2;1-2H2. The molecular formula is C8H14S3. The van der Waals surface area contributed by atoms with E-state index in [-0.39, 0.29) is 0 Å². The molecule has 0 unspecified atom stereocenters. The van der Waals surface area contributed by atoms with Crippen molar-refractivity contribution in [2.24, 2.45) is 0 Å². The van der Waals surface area contributed by atoms with Gasteiger partial charge in [0.25, 0.3) is 0 Å². The molecule has 1 rings (SSSR count). The third-order valence-corrected chi connectivity index (χ3v) is 3.29. The number of thioether (sulfide) groups is 1. The first kappa shape index (κ1) is 11.5. The van der Waals surface area contributed by atoms with Gasteiger partial charge in [-0.05, 0) is 0 Å². The first-order valence-corrected chi connectivity index (χ1v) is 7.10. The molecule has 0 amide bonds. The van der Waals surface area contributed by atoms with E-state index in [1.54, 1.807) is 21.6 Å². The van der Waals surface area contributed by atoms with Gasteiger partial charge in [0.2, 0.25) is 0 Å². The maximum absolute atomic E-state index is 3.60. The molecule has 0 nitrogen and oxygen atoms in total. The van der Waals surface area contributed by atoms with Crippen molar-refractivity contribution >= 4 is 33.3 Å². The van der Waals surface area contributed by atoms with Gasteiger partial charge in [0.1, 0.15) is 0 Å². The number of hydrogen-bond donors (Lipinski definition) is 0. The highest BCUT2D eigenvalue weighted by Crippen LogP contribution is 2.20. The van der Waals surface area contributed by atoms with Crippen LogP contribution in [0.5, 0.6) is 0 Å². The molecule has 0 atom stereocenters. The highest BCUT2D eigenvalue weighted by Gasteiger charge is 1.95. The minimum atomic E-state index is 1.03. The fourth-order valence-corrected chi connectivity index (χ4v) is 1.73. The highest BCUT2D eigenvalue weighted by molar-refractivity contribution is 8.76. The van der Waals surface area contributed by atoms with Crippen LogP contribution in [0.3, 0.4) is 0 Å². The van der Waals surface area contributed by atoms with Crippen LogP contribution in [-0.4, -0.2) is 23.0 Å². The van der Waals surface area contributed by atoms with Crippen LogP contribution in [0.2, 0.25) is 0 Å². The Morgan fingerprint density at radius 2 is 1.45 bits per heavy atom. The van der Waals surface area contributed by atoms with Crippen molar-refractivity contribution in [3.63, 3.8) is 0 Å². The average molecular weight is 206 g/mol. The molecule has 0 saturated carbocycles. The van der Waals surface area contributed by atoms with Gasteiger partial charge in [-0.15, -0.1) is 13.2 Å². The molecule has 0 N–H and O–H groups in total. The molecule has 1 fully saturated rings. The third kappa shape index (κ3) is 18.0. The normalized spacial score (nSPS) is 12.7. The van der Waals surface area contributed by atoms with Gasteiger partial charge in [-0.1, -0.05) is 33.7 Å². The molecule has 0 radical (unpaired) electrons. The van der Waals surface area contributed by atoms with E-state index < -0.39 is 0 Å². The van der Waals surface area contributed by atoms with Crippen LogP contribution in [0.1, 0.15) is 0 Å².